The Morgan fingerprint density at radius 3 is 2.14 bits per heavy atom. The molecule has 3 aromatic rings. The maximum atomic E-state index is 13.5. The highest BCUT2D eigenvalue weighted by Crippen LogP contribution is 2.60. The van der Waals surface area contributed by atoms with Gasteiger partial charge >= 0.3 is 11.9 Å². The predicted octanol–water partition coefficient (Wildman–Crippen LogP) is 4.77. The van der Waals surface area contributed by atoms with E-state index in [1.165, 1.54) is 42.3 Å². The van der Waals surface area contributed by atoms with E-state index in [1.807, 2.05) is 0 Å². The number of methoxy groups -OCH3 is 4. The summed E-state index contributed by atoms with van der Waals surface area (Å²) in [6.07, 6.45) is -2.50. The summed E-state index contributed by atoms with van der Waals surface area (Å²) in [5.74, 6) is 0.398. The summed E-state index contributed by atoms with van der Waals surface area (Å²) in [6.45, 7) is 2.72. The maximum Gasteiger partial charge on any atom is 0.338 e. The van der Waals surface area contributed by atoms with Crippen LogP contribution in [-0.2, 0) is 14.3 Å². The molecule has 3 aromatic carbocycles. The van der Waals surface area contributed by atoms with E-state index < -0.39 is 29.7 Å². The second-order valence-electron chi connectivity index (χ2n) is 10.0. The van der Waals surface area contributed by atoms with E-state index in [4.69, 9.17) is 37.9 Å². The fourth-order valence-electron chi connectivity index (χ4n) is 5.55. The average Bonchev–Trinajstić information content (AvgIpc) is 3.45. The maximum absolute atomic E-state index is 13.5. The highest BCUT2D eigenvalue weighted by molar-refractivity contribution is 5.92. The van der Waals surface area contributed by atoms with E-state index in [-0.39, 0.29) is 41.8 Å². The van der Waals surface area contributed by atoms with Crippen LogP contribution in [0.2, 0.25) is 0 Å². The smallest absolute Gasteiger partial charge is 0.338 e. The van der Waals surface area contributed by atoms with E-state index in [0.29, 0.717) is 33.8 Å². The molecule has 0 saturated heterocycles. The molecule has 1 heterocycles. The molecule has 42 heavy (non-hydrogen) atoms. The molecule has 5 rings (SSSR count). The molecule has 1 aliphatic carbocycles. The van der Waals surface area contributed by atoms with Gasteiger partial charge in [0, 0.05) is 35.6 Å². The molecule has 0 fully saturated rings. The Morgan fingerprint density at radius 1 is 0.857 bits per heavy atom. The number of esters is 2. The van der Waals surface area contributed by atoms with Crippen molar-refractivity contribution in [2.75, 3.05) is 35.2 Å². The van der Waals surface area contributed by atoms with E-state index >= 15 is 0 Å². The summed E-state index contributed by atoms with van der Waals surface area (Å²) in [5.41, 5.74) is 0.0397. The summed E-state index contributed by atoms with van der Waals surface area (Å²) >= 11 is 0. The van der Waals surface area contributed by atoms with Crippen LogP contribution in [0, 0.1) is 0 Å². The minimum absolute atomic E-state index is 0.0578. The SMILES string of the molecule is COc1cc2c(c(OC)c1OC)-c1c(cc3c(c1OC)OCO3)[C@H](OC(C)=O)C[C@](C)(O)[C@H]2OC(=O)c1ccccc1. The second-order valence-corrected chi connectivity index (χ2v) is 10.0. The van der Waals surface area contributed by atoms with Gasteiger partial charge in [-0.1, -0.05) is 18.2 Å². The Labute approximate surface area is 242 Å². The van der Waals surface area contributed by atoms with Gasteiger partial charge in [0.15, 0.2) is 29.1 Å². The molecular formula is C31H32O11. The van der Waals surface area contributed by atoms with Gasteiger partial charge in [0.1, 0.15) is 11.7 Å². The Balaban J connectivity index is 1.90. The number of fused-ring (bicyclic) bond motifs is 4. The molecule has 0 unspecified atom stereocenters. The lowest BCUT2D eigenvalue weighted by atomic mass is 9.77. The Bertz CT molecular complexity index is 1510. The van der Waals surface area contributed by atoms with Gasteiger partial charge in [-0.2, -0.15) is 0 Å². The van der Waals surface area contributed by atoms with Gasteiger partial charge in [-0.25, -0.2) is 4.79 Å². The van der Waals surface area contributed by atoms with Crippen molar-refractivity contribution in [2.45, 2.75) is 38.1 Å². The van der Waals surface area contributed by atoms with Crippen LogP contribution >= 0.6 is 0 Å². The number of aliphatic hydroxyl groups is 1. The molecule has 222 valence electrons. The lowest BCUT2D eigenvalue weighted by Crippen LogP contribution is -2.39. The van der Waals surface area contributed by atoms with Crippen LogP contribution in [0.1, 0.15) is 54.0 Å². The molecule has 11 nitrogen and oxygen atoms in total. The first-order valence-electron chi connectivity index (χ1n) is 13.1. The summed E-state index contributed by atoms with van der Waals surface area (Å²) < 4.78 is 46.5. The van der Waals surface area contributed by atoms with Crippen molar-refractivity contribution in [3.05, 3.63) is 59.2 Å². The molecule has 1 N–H and O–H groups in total. The Hall–Kier alpha value is -4.64. The standard InChI is InChI=1S/C31H32O11/c1-16(32)41-22-14-31(2,34)29(42-30(33)17-10-8-7-9-11-17)19-13-20(35-3)25(36-4)27(37-5)24(19)23-18(22)12-21-26(28(23)38-6)40-15-39-21/h7-13,22,29,34H,14-15H2,1-6H3/t22-,29+,31+/m1/s1. The van der Waals surface area contributed by atoms with E-state index in [1.54, 1.807) is 42.5 Å². The van der Waals surface area contributed by atoms with Gasteiger partial charge in [-0.15, -0.1) is 0 Å². The zero-order chi connectivity index (χ0) is 30.2. The van der Waals surface area contributed by atoms with Crippen LogP contribution in [0.5, 0.6) is 34.5 Å². The molecular weight excluding hydrogens is 548 g/mol. The lowest BCUT2D eigenvalue weighted by molar-refractivity contribution is -0.154. The minimum Gasteiger partial charge on any atom is -0.493 e. The van der Waals surface area contributed by atoms with Gasteiger partial charge in [-0.05, 0) is 31.2 Å². The minimum atomic E-state index is -1.79. The van der Waals surface area contributed by atoms with E-state index in [2.05, 4.69) is 0 Å². The molecule has 0 amide bonds. The van der Waals surface area contributed by atoms with Crippen LogP contribution in [0.3, 0.4) is 0 Å². The van der Waals surface area contributed by atoms with Crippen molar-refractivity contribution in [1.82, 2.24) is 0 Å². The van der Waals surface area contributed by atoms with Crippen molar-refractivity contribution in [3.63, 3.8) is 0 Å². The third kappa shape index (κ3) is 4.89. The first-order valence-corrected chi connectivity index (χ1v) is 13.1. The number of hydrogen-bond acceptors (Lipinski definition) is 11. The van der Waals surface area contributed by atoms with Crippen molar-refractivity contribution in [3.8, 4) is 45.6 Å². The van der Waals surface area contributed by atoms with Gasteiger partial charge in [0.2, 0.25) is 18.3 Å². The Kier molecular flexibility index (Phi) is 7.79. The van der Waals surface area contributed by atoms with Crippen molar-refractivity contribution >= 4 is 11.9 Å². The molecule has 11 heteroatoms. The van der Waals surface area contributed by atoms with E-state index in [0.717, 1.165) is 0 Å². The number of carbonyl (C=O) groups is 2. The summed E-state index contributed by atoms with van der Waals surface area (Å²) in [4.78, 5) is 25.8. The largest absolute Gasteiger partial charge is 0.493 e. The van der Waals surface area contributed by atoms with Crippen LogP contribution in [-0.4, -0.2) is 57.9 Å². The monoisotopic (exact) mass is 580 g/mol. The summed E-state index contributed by atoms with van der Waals surface area (Å²) in [6, 6.07) is 11.7. The van der Waals surface area contributed by atoms with Crippen molar-refractivity contribution in [2.24, 2.45) is 0 Å². The van der Waals surface area contributed by atoms with Gasteiger partial charge in [0.05, 0.1) is 34.0 Å². The van der Waals surface area contributed by atoms with Crippen LogP contribution in [0.25, 0.3) is 11.1 Å². The second kappa shape index (κ2) is 11.3. The van der Waals surface area contributed by atoms with Crippen molar-refractivity contribution in [1.29, 1.82) is 0 Å². The highest BCUT2D eigenvalue weighted by Gasteiger charge is 2.47. The first-order chi connectivity index (χ1) is 20.1. The van der Waals surface area contributed by atoms with Crippen molar-refractivity contribution < 1.29 is 52.6 Å². The third-order valence-corrected chi connectivity index (χ3v) is 7.30. The normalized spacial score (nSPS) is 20.3. The number of rotatable bonds is 7. The average molecular weight is 581 g/mol. The molecule has 2 aliphatic rings. The zero-order valence-corrected chi connectivity index (χ0v) is 24.1. The number of carbonyl (C=O) groups excluding carboxylic acids is 2. The number of benzene rings is 3. The number of ether oxygens (including phenoxy) is 8. The fourth-order valence-corrected chi connectivity index (χ4v) is 5.55. The zero-order valence-electron chi connectivity index (χ0n) is 24.1. The lowest BCUT2D eigenvalue weighted by Gasteiger charge is -2.39. The quantitative estimate of drug-likeness (QED) is 0.388. The van der Waals surface area contributed by atoms with Gasteiger partial charge in [0.25, 0.3) is 0 Å². The molecule has 0 bridgehead atoms. The van der Waals surface area contributed by atoms with Crippen LogP contribution < -0.4 is 28.4 Å². The molecule has 0 radical (unpaired) electrons. The van der Waals surface area contributed by atoms with Crippen LogP contribution in [0.4, 0.5) is 0 Å². The van der Waals surface area contributed by atoms with Gasteiger partial charge in [-0.3, -0.25) is 4.79 Å². The Morgan fingerprint density at radius 2 is 1.52 bits per heavy atom. The summed E-state index contributed by atoms with van der Waals surface area (Å²) in [7, 11) is 5.83. The van der Waals surface area contributed by atoms with E-state index in [9.17, 15) is 14.7 Å². The van der Waals surface area contributed by atoms with Crippen LogP contribution in [0.15, 0.2) is 42.5 Å². The third-order valence-electron chi connectivity index (χ3n) is 7.30. The molecule has 1 aliphatic heterocycles. The topological polar surface area (TPSA) is 128 Å². The molecule has 0 spiro atoms. The molecule has 0 saturated carbocycles. The van der Waals surface area contributed by atoms with Gasteiger partial charge < -0.3 is 43.0 Å². The predicted molar refractivity (Wildman–Crippen MR) is 149 cm³/mol. The summed E-state index contributed by atoms with van der Waals surface area (Å²) in [5, 5.41) is 12.1. The number of hydrogen-bond donors (Lipinski definition) is 1. The molecule has 0 aromatic heterocycles. The first kappa shape index (κ1) is 28.9. The highest BCUT2D eigenvalue weighted by atomic mass is 16.7. The molecule has 3 atom stereocenters. The fraction of sp³-hybridized carbons (Fsp3) is 0.355.